The highest BCUT2D eigenvalue weighted by molar-refractivity contribution is 6.48. The van der Waals surface area contributed by atoms with E-state index < -0.39 is 15.0 Å². The number of nitrogens with zero attached hydrogens (tertiary/aromatic N) is 1. The molecule has 0 heterocycles. The highest BCUT2D eigenvalue weighted by Gasteiger charge is 2.34. The van der Waals surface area contributed by atoms with E-state index in [1.54, 1.807) is 0 Å². The van der Waals surface area contributed by atoms with Gasteiger partial charge >= 0.3 is 15.0 Å². The molecular weight excluding hydrogens is 507 g/mol. The molecule has 0 aromatic heterocycles. The van der Waals surface area contributed by atoms with Crippen LogP contribution in [-0.4, -0.2) is 21.3 Å². The van der Waals surface area contributed by atoms with Crippen LogP contribution in [-0.2, 0) is 20.6 Å². The van der Waals surface area contributed by atoms with Crippen LogP contribution in [0.3, 0.4) is 0 Å². The van der Waals surface area contributed by atoms with Crippen LogP contribution >= 0.6 is 0 Å². The first-order valence-corrected chi connectivity index (χ1v) is 15.2. The number of hydrogen-bond donors (Lipinski definition) is 1. The lowest BCUT2D eigenvalue weighted by molar-refractivity contribution is 0.158. The zero-order valence-corrected chi connectivity index (χ0v) is 23.8. The Hall–Kier alpha value is -3.98. The minimum atomic E-state index is -2.42. The number of benzene rings is 5. The van der Waals surface area contributed by atoms with Crippen LogP contribution in [0.2, 0.25) is 0 Å². The van der Waals surface area contributed by atoms with Crippen LogP contribution in [0, 0.1) is 0 Å². The van der Waals surface area contributed by atoms with Crippen LogP contribution in [0.15, 0.2) is 145 Å². The molecule has 5 aromatic rings. The molecule has 0 aliphatic rings. The van der Waals surface area contributed by atoms with Crippen molar-refractivity contribution in [2.75, 3.05) is 4.30 Å². The maximum absolute atomic E-state index is 6.97. The van der Waals surface area contributed by atoms with E-state index in [9.17, 15) is 0 Å². The summed E-state index contributed by atoms with van der Waals surface area (Å²) in [5, 5.41) is 0. The first-order chi connectivity index (χ1) is 19.8. The van der Waals surface area contributed by atoms with Crippen molar-refractivity contribution >= 4 is 32.6 Å². The zero-order valence-electron chi connectivity index (χ0n) is 22.7. The second-order valence-corrected chi connectivity index (χ2v) is 11.0. The van der Waals surface area contributed by atoms with Gasteiger partial charge in [-0.05, 0) is 58.5 Å². The second kappa shape index (κ2) is 14.4. The summed E-state index contributed by atoms with van der Waals surface area (Å²) in [5.41, 5.74) is 7.55. The Morgan fingerprint density at radius 3 is 2.02 bits per heavy atom. The molecule has 0 radical (unpaired) electrons. The largest absolute Gasteiger partial charge is 0.847 e. The van der Waals surface area contributed by atoms with Crippen molar-refractivity contribution in [1.82, 2.24) is 0 Å². The third kappa shape index (κ3) is 7.57. The van der Waals surface area contributed by atoms with Gasteiger partial charge in [0.05, 0.1) is 11.8 Å². The molecule has 0 amide bonds. The normalized spacial score (nSPS) is 11.8. The van der Waals surface area contributed by atoms with Gasteiger partial charge in [0.25, 0.3) is 0 Å². The summed E-state index contributed by atoms with van der Waals surface area (Å²) in [6.45, 7) is 2.66. The lowest BCUT2D eigenvalue weighted by atomic mass is 9.92. The molecule has 0 fully saturated rings. The van der Waals surface area contributed by atoms with Gasteiger partial charge in [-0.2, -0.15) is 0 Å². The highest BCUT2D eigenvalue weighted by atomic mass is 27.2. The van der Waals surface area contributed by atoms with Gasteiger partial charge in [0.1, 0.15) is 0 Å². The first kappa shape index (κ1) is 27.6. The number of nitrogens with one attached hydrogen (secondary N) is 1. The quantitative estimate of drug-likeness (QED) is 0.128. The van der Waals surface area contributed by atoms with E-state index in [2.05, 4.69) is 65.8 Å². The standard InChI is InChI=1S/C22H20NO.C7H7O.C6H6N.Al/c1-2-20-18(16-23-19-13-7-4-8-14-19)12-9-15-21(20)22(24)17-10-5-3-6-11-17;8-6-7-4-2-1-3-5-7;7-6-4-2-1-3-5-6;/h3-16,22H,2H2,1H3;1-5H,6H2;1-5,7H;/q3*-1;+3. The monoisotopic (exact) mass is 540 g/mol. The van der Waals surface area contributed by atoms with E-state index in [1.807, 2.05) is 91.1 Å². The molecule has 0 saturated carbocycles. The number of para-hydroxylation sites is 2. The Balaban J connectivity index is 1.49. The average Bonchev–Trinajstić information content (AvgIpc) is 3.03. The molecule has 4 nitrogen and oxygen atoms in total. The van der Waals surface area contributed by atoms with Gasteiger partial charge in [-0.25, -0.2) is 0 Å². The van der Waals surface area contributed by atoms with E-state index >= 15 is 0 Å². The van der Waals surface area contributed by atoms with E-state index in [0.717, 1.165) is 40.0 Å². The number of aliphatic imine (C=N–C) groups is 1. The van der Waals surface area contributed by atoms with Crippen molar-refractivity contribution in [1.29, 1.82) is 0 Å². The van der Waals surface area contributed by atoms with Crippen LogP contribution in [0.1, 0.15) is 40.8 Å². The molecule has 1 atom stereocenters. The Kier molecular flexibility index (Phi) is 9.94. The molecule has 0 aliphatic carbocycles. The third-order valence-electron chi connectivity index (χ3n) is 6.66. The highest BCUT2D eigenvalue weighted by Crippen LogP contribution is 2.32. The van der Waals surface area contributed by atoms with Gasteiger partial charge in [0.2, 0.25) is 0 Å². The number of hydrogen-bond acceptors (Lipinski definition) is 4. The fraction of sp³-hybridized carbons (Fsp3) is 0.114. The maximum Gasteiger partial charge on any atom is 0.847 e. The fourth-order valence-corrected chi connectivity index (χ4v) is 6.26. The zero-order chi connectivity index (χ0) is 27.4. The number of rotatable bonds is 12. The Morgan fingerprint density at radius 2 is 1.35 bits per heavy atom. The molecule has 5 heteroatoms. The Morgan fingerprint density at radius 1 is 0.725 bits per heavy atom. The number of anilines is 1. The molecule has 198 valence electrons. The van der Waals surface area contributed by atoms with Crippen molar-refractivity contribution < 1.29 is 7.58 Å². The van der Waals surface area contributed by atoms with Crippen molar-refractivity contribution in [3.8, 4) is 0 Å². The molecule has 0 bridgehead atoms. The Bertz CT molecular complexity index is 1480. The summed E-state index contributed by atoms with van der Waals surface area (Å²) in [6.07, 6.45) is 2.51. The lowest BCUT2D eigenvalue weighted by Crippen LogP contribution is -2.34. The smallest absolute Gasteiger partial charge is 0.456 e. The SMILES string of the molecule is CCc1c(C=Nc2ccccc2)cccc1C([O][Al]([NH]c1ccccc1)[O]Cc1ccccc1)c1ccccc1. The predicted octanol–water partition coefficient (Wildman–Crippen LogP) is 8.42. The van der Waals surface area contributed by atoms with Crippen LogP contribution in [0.25, 0.3) is 0 Å². The van der Waals surface area contributed by atoms with Gasteiger partial charge in [0.15, 0.2) is 0 Å². The van der Waals surface area contributed by atoms with Gasteiger partial charge < -0.3 is 11.9 Å². The lowest BCUT2D eigenvalue weighted by Gasteiger charge is -2.26. The third-order valence-corrected chi connectivity index (χ3v) is 8.22. The molecule has 5 rings (SSSR count). The maximum atomic E-state index is 6.97. The van der Waals surface area contributed by atoms with E-state index in [4.69, 9.17) is 12.6 Å². The molecule has 1 N–H and O–H groups in total. The van der Waals surface area contributed by atoms with Crippen molar-refractivity contribution in [3.05, 3.63) is 167 Å². The second-order valence-electron chi connectivity index (χ2n) is 9.43. The molecule has 1 unspecified atom stereocenters. The van der Waals surface area contributed by atoms with Crippen LogP contribution in [0.5, 0.6) is 0 Å². The molecule has 5 aromatic carbocycles. The molecule has 0 spiro atoms. The van der Waals surface area contributed by atoms with Crippen molar-refractivity contribution in [2.45, 2.75) is 26.1 Å². The molecule has 0 aliphatic heterocycles. The first-order valence-electron chi connectivity index (χ1n) is 13.7. The Labute approximate surface area is 242 Å². The van der Waals surface area contributed by atoms with E-state index in [-0.39, 0.29) is 6.10 Å². The minimum absolute atomic E-state index is 0.301. The van der Waals surface area contributed by atoms with E-state index in [1.165, 1.54) is 5.56 Å². The molecule has 40 heavy (non-hydrogen) atoms. The predicted molar refractivity (Wildman–Crippen MR) is 166 cm³/mol. The topological polar surface area (TPSA) is 42.8 Å². The van der Waals surface area contributed by atoms with Gasteiger partial charge in [-0.1, -0.05) is 122 Å². The van der Waals surface area contributed by atoms with Gasteiger partial charge in [0, 0.05) is 18.5 Å². The minimum Gasteiger partial charge on any atom is -0.456 e. The molecule has 0 saturated heterocycles. The van der Waals surface area contributed by atoms with Crippen molar-refractivity contribution in [3.63, 3.8) is 0 Å². The summed E-state index contributed by atoms with van der Waals surface area (Å²) < 4.78 is 17.0. The van der Waals surface area contributed by atoms with Crippen LogP contribution in [0.4, 0.5) is 11.4 Å². The van der Waals surface area contributed by atoms with Crippen LogP contribution < -0.4 is 4.30 Å². The van der Waals surface area contributed by atoms with Gasteiger partial charge in [-0.15, -0.1) is 0 Å². The summed E-state index contributed by atoms with van der Waals surface area (Å²) >= 11 is -2.42. The summed E-state index contributed by atoms with van der Waals surface area (Å²) in [5.74, 6) is 0. The van der Waals surface area contributed by atoms with Crippen molar-refractivity contribution in [2.24, 2.45) is 4.99 Å². The summed E-state index contributed by atoms with van der Waals surface area (Å²) in [6, 6.07) is 47.2. The molecular formula is C35H33AlN2O2. The van der Waals surface area contributed by atoms with Gasteiger partial charge in [-0.3, -0.25) is 4.99 Å². The van der Waals surface area contributed by atoms with E-state index in [0.29, 0.717) is 6.61 Å². The summed E-state index contributed by atoms with van der Waals surface area (Å²) in [7, 11) is 0. The average molecular weight is 541 g/mol. The fourth-order valence-electron chi connectivity index (χ4n) is 4.67. The summed E-state index contributed by atoms with van der Waals surface area (Å²) in [4.78, 5) is 4.74.